The average Bonchev–Trinajstić information content (AvgIpc) is 3.78. The summed E-state index contributed by atoms with van der Waals surface area (Å²) in [4.78, 5) is 16.2. The van der Waals surface area contributed by atoms with Gasteiger partial charge in [0.1, 0.15) is 11.7 Å². The number of benzene rings is 6. The Morgan fingerprint density at radius 3 is 2.03 bits per heavy atom. The molecule has 2 aliphatic heterocycles. The van der Waals surface area contributed by atoms with Crippen LogP contribution in [0.15, 0.2) is 126 Å². The van der Waals surface area contributed by atoms with Gasteiger partial charge in [-0.1, -0.05) is 113 Å². The largest absolute Gasteiger partial charge is 0.313 e. The maximum absolute atomic E-state index is 5.98. The van der Waals surface area contributed by atoms with Gasteiger partial charge in [-0.15, -0.1) is 0 Å². The molecule has 2 atom stereocenters. The predicted octanol–water partition coefficient (Wildman–Crippen LogP) is 14.9. The lowest BCUT2D eigenvalue weighted by molar-refractivity contribution is 0.321. The minimum Gasteiger partial charge on any atom is -0.313 e. The first-order valence-electron chi connectivity index (χ1n) is 23.5. The number of aryl methyl sites for hydroxylation is 6. The molecule has 6 aromatic carbocycles. The van der Waals surface area contributed by atoms with Crippen molar-refractivity contribution in [3.05, 3.63) is 188 Å². The van der Waals surface area contributed by atoms with E-state index in [4.69, 9.17) is 9.98 Å². The average molecular weight is 852 g/mol. The molecular formula is C60H61N5. The van der Waals surface area contributed by atoms with Gasteiger partial charge in [-0.3, -0.25) is 9.56 Å². The number of para-hydroxylation sites is 2. The fraction of sp³-hybridized carbons (Fsp3) is 0.300. The molecule has 0 saturated carbocycles. The highest BCUT2D eigenvalue weighted by molar-refractivity contribution is 6.16. The number of hydrogen-bond acceptors (Lipinski definition) is 4. The highest BCUT2D eigenvalue weighted by Gasteiger charge is 2.62. The van der Waals surface area contributed by atoms with Crippen LogP contribution in [0.5, 0.6) is 0 Å². The fourth-order valence-corrected chi connectivity index (χ4v) is 12.2. The molecule has 65 heavy (non-hydrogen) atoms. The smallest absolute Gasteiger partial charge is 0.137 e. The molecule has 4 heterocycles. The molecule has 0 saturated heterocycles. The molecule has 0 unspecified atom stereocenters. The molecule has 1 aliphatic carbocycles. The zero-order valence-corrected chi connectivity index (χ0v) is 40.5. The molecule has 0 amide bonds. The van der Waals surface area contributed by atoms with Crippen LogP contribution in [0.2, 0.25) is 0 Å². The third-order valence-corrected chi connectivity index (χ3v) is 15.8. The molecule has 0 radical (unpaired) electrons. The summed E-state index contributed by atoms with van der Waals surface area (Å²) in [5.74, 6) is 1.98. The summed E-state index contributed by atoms with van der Waals surface area (Å²) in [6, 6.07) is 43.7. The first kappa shape index (κ1) is 41.3. The van der Waals surface area contributed by atoms with Gasteiger partial charge in [0, 0.05) is 45.7 Å². The van der Waals surface area contributed by atoms with Crippen LogP contribution in [0.4, 0.5) is 22.7 Å². The van der Waals surface area contributed by atoms with Gasteiger partial charge in [0.2, 0.25) is 0 Å². The van der Waals surface area contributed by atoms with Crippen LogP contribution < -0.4 is 9.80 Å². The quantitative estimate of drug-likeness (QED) is 0.177. The summed E-state index contributed by atoms with van der Waals surface area (Å²) in [5.41, 5.74) is 21.5. The molecule has 3 aliphatic rings. The van der Waals surface area contributed by atoms with E-state index in [1.165, 1.54) is 94.6 Å². The Bertz CT molecular complexity index is 3350. The normalized spacial score (nSPS) is 19.7. The van der Waals surface area contributed by atoms with Crippen LogP contribution in [0.1, 0.15) is 115 Å². The molecule has 0 bridgehead atoms. The maximum Gasteiger partial charge on any atom is 0.137 e. The second kappa shape index (κ2) is 13.8. The standard InChI is InChI=1S/C60H61N5/c1-35-27-39(5)55(40(6)28-35)65-56(62-59(12)34-45-36(2)19-18-22-46(45)60(59,65)13)43-32-51(38(4)29-37(43)3)63-50-24-17-15-21-47(50)58(10,11)48-31-44-42-20-14-16-23-49(42)64(52(44)33-53(48)63)54-30-41(25-26-61-54)57(7,8)9/h14-33H,34H2,1-13H3/t59-,60+/m1/s1. The van der Waals surface area contributed by atoms with Gasteiger partial charge in [0.25, 0.3) is 0 Å². The van der Waals surface area contributed by atoms with Crippen molar-refractivity contribution >= 4 is 50.4 Å². The summed E-state index contributed by atoms with van der Waals surface area (Å²) in [6.45, 7) is 30.1. The first-order valence-corrected chi connectivity index (χ1v) is 23.5. The molecule has 11 rings (SSSR count). The Hall–Kier alpha value is -6.46. The maximum atomic E-state index is 5.98. The summed E-state index contributed by atoms with van der Waals surface area (Å²) in [6.07, 6.45) is 2.87. The van der Waals surface area contributed by atoms with E-state index >= 15 is 0 Å². The first-order chi connectivity index (χ1) is 30.8. The van der Waals surface area contributed by atoms with E-state index in [0.29, 0.717) is 0 Å². The topological polar surface area (TPSA) is 36.7 Å². The van der Waals surface area contributed by atoms with Gasteiger partial charge in [0.15, 0.2) is 0 Å². The van der Waals surface area contributed by atoms with Crippen molar-refractivity contribution < 1.29 is 0 Å². The molecule has 326 valence electrons. The number of aromatic nitrogens is 2. The van der Waals surface area contributed by atoms with E-state index < -0.39 is 5.54 Å². The minimum atomic E-state index is -0.405. The lowest BCUT2D eigenvalue weighted by atomic mass is 9.73. The minimum absolute atomic E-state index is 0.0211. The van der Waals surface area contributed by atoms with E-state index in [2.05, 4.69) is 220 Å². The number of hydrogen-bond donors (Lipinski definition) is 0. The van der Waals surface area contributed by atoms with E-state index in [-0.39, 0.29) is 16.4 Å². The zero-order chi connectivity index (χ0) is 45.7. The monoisotopic (exact) mass is 851 g/mol. The van der Waals surface area contributed by atoms with Crippen molar-refractivity contribution in [1.82, 2.24) is 9.55 Å². The molecular weight excluding hydrogens is 791 g/mol. The van der Waals surface area contributed by atoms with E-state index in [0.717, 1.165) is 34.8 Å². The Morgan fingerprint density at radius 2 is 1.28 bits per heavy atom. The van der Waals surface area contributed by atoms with Crippen molar-refractivity contribution in [1.29, 1.82) is 0 Å². The van der Waals surface area contributed by atoms with Gasteiger partial charge in [-0.25, -0.2) is 4.98 Å². The van der Waals surface area contributed by atoms with E-state index in [1.54, 1.807) is 0 Å². The SMILES string of the molecule is Cc1cc(C)c(N2C(c3cc(N4c5ccccc5C(C)(C)c5cc6c7ccccc7n(-c7cc(C(C)(C)C)ccn7)c6cc54)c(C)cc3C)=N[C@]3(C)Cc4c(C)cccc4[C@]23C)c(C)c1. The highest BCUT2D eigenvalue weighted by Crippen LogP contribution is 2.59. The summed E-state index contributed by atoms with van der Waals surface area (Å²) < 4.78 is 2.39. The van der Waals surface area contributed by atoms with Crippen LogP contribution in [0.25, 0.3) is 27.6 Å². The second-order valence-electron chi connectivity index (χ2n) is 21.5. The molecule has 0 fully saturated rings. The Balaban J connectivity index is 1.18. The van der Waals surface area contributed by atoms with Gasteiger partial charge in [-0.05, 0) is 159 Å². The van der Waals surface area contributed by atoms with Gasteiger partial charge >= 0.3 is 0 Å². The molecule has 2 aromatic heterocycles. The molecule has 0 spiro atoms. The number of pyridine rings is 1. The van der Waals surface area contributed by atoms with Gasteiger partial charge < -0.3 is 9.80 Å². The van der Waals surface area contributed by atoms with Crippen LogP contribution in [0.3, 0.4) is 0 Å². The van der Waals surface area contributed by atoms with Crippen LogP contribution in [-0.2, 0) is 22.8 Å². The lowest BCUT2D eigenvalue weighted by Crippen LogP contribution is -2.52. The number of nitrogens with zero attached hydrogens (tertiary/aromatic N) is 5. The molecule has 5 heteroatoms. The second-order valence-corrected chi connectivity index (χ2v) is 21.5. The van der Waals surface area contributed by atoms with Gasteiger partial charge in [0.05, 0.1) is 33.5 Å². The van der Waals surface area contributed by atoms with Crippen molar-refractivity contribution in [3.63, 3.8) is 0 Å². The van der Waals surface area contributed by atoms with Crippen molar-refractivity contribution in [3.8, 4) is 5.82 Å². The summed E-state index contributed by atoms with van der Waals surface area (Å²) in [7, 11) is 0. The van der Waals surface area contributed by atoms with Crippen LogP contribution in [0, 0.1) is 41.5 Å². The number of aliphatic imine (C=N–C) groups is 1. The predicted molar refractivity (Wildman–Crippen MR) is 274 cm³/mol. The van der Waals surface area contributed by atoms with E-state index in [1.807, 2.05) is 6.20 Å². The Morgan fingerprint density at radius 1 is 0.569 bits per heavy atom. The number of anilines is 4. The lowest BCUT2D eigenvalue weighted by Gasteiger charge is -2.44. The molecule has 5 nitrogen and oxygen atoms in total. The molecule has 0 N–H and O–H groups in total. The van der Waals surface area contributed by atoms with Gasteiger partial charge in [-0.2, -0.15) is 0 Å². The van der Waals surface area contributed by atoms with E-state index in [9.17, 15) is 0 Å². The van der Waals surface area contributed by atoms with Crippen molar-refractivity contribution in [2.45, 2.75) is 118 Å². The van der Waals surface area contributed by atoms with Crippen molar-refractivity contribution in [2.24, 2.45) is 4.99 Å². The van der Waals surface area contributed by atoms with Crippen LogP contribution >= 0.6 is 0 Å². The fourth-order valence-electron chi connectivity index (χ4n) is 12.2. The van der Waals surface area contributed by atoms with Crippen molar-refractivity contribution in [2.75, 3.05) is 9.80 Å². The Labute approximate surface area is 385 Å². The van der Waals surface area contributed by atoms with Crippen LogP contribution in [-0.4, -0.2) is 20.9 Å². The third-order valence-electron chi connectivity index (χ3n) is 15.8. The number of fused-ring (bicyclic) bond motifs is 8. The summed E-state index contributed by atoms with van der Waals surface area (Å²) in [5, 5.41) is 2.47. The Kier molecular flexibility index (Phi) is 8.75. The number of rotatable bonds is 4. The highest BCUT2D eigenvalue weighted by atomic mass is 15.4. The third kappa shape index (κ3) is 5.70. The number of amidine groups is 1. The summed E-state index contributed by atoms with van der Waals surface area (Å²) >= 11 is 0. The zero-order valence-electron chi connectivity index (χ0n) is 40.5. The molecule has 8 aromatic rings.